The molecule has 0 saturated heterocycles. The van der Waals surface area contributed by atoms with Gasteiger partial charge in [-0.2, -0.15) is 4.98 Å². The minimum atomic E-state index is -2.21. The van der Waals surface area contributed by atoms with Crippen LogP contribution in [0.3, 0.4) is 0 Å². The van der Waals surface area contributed by atoms with Crippen LogP contribution in [0.1, 0.15) is 43.0 Å². The van der Waals surface area contributed by atoms with E-state index in [0.717, 1.165) is 38.4 Å². The Balaban J connectivity index is 1.32. The molecule has 0 atom stereocenters. The van der Waals surface area contributed by atoms with Gasteiger partial charge in [-0.3, -0.25) is 4.79 Å². The Kier molecular flexibility index (Phi) is 8.59. The molecule has 1 aliphatic rings. The summed E-state index contributed by atoms with van der Waals surface area (Å²) in [6.07, 6.45) is 1.54. The second-order valence-corrected chi connectivity index (χ2v) is 16.9. The number of amides is 1. The highest BCUT2D eigenvalue weighted by Gasteiger charge is 2.36. The molecule has 1 aliphatic heterocycles. The molecule has 0 bridgehead atoms. The maximum atomic E-state index is 13.5. The van der Waals surface area contributed by atoms with E-state index in [9.17, 15) is 14.7 Å². The van der Waals surface area contributed by atoms with E-state index in [2.05, 4.69) is 64.1 Å². The van der Waals surface area contributed by atoms with Gasteiger partial charge < -0.3 is 25.8 Å². The number of ether oxygens (including phenoxy) is 1. The van der Waals surface area contributed by atoms with Crippen molar-refractivity contribution in [1.82, 2.24) is 15.3 Å². The van der Waals surface area contributed by atoms with Gasteiger partial charge in [-0.15, -0.1) is 0 Å². The summed E-state index contributed by atoms with van der Waals surface area (Å²) < 4.78 is 5.61. The van der Waals surface area contributed by atoms with Crippen molar-refractivity contribution in [2.75, 3.05) is 24.7 Å². The van der Waals surface area contributed by atoms with Crippen LogP contribution < -0.4 is 41.5 Å². The van der Waals surface area contributed by atoms with Gasteiger partial charge in [-0.1, -0.05) is 68.2 Å². The predicted molar refractivity (Wildman–Crippen MR) is 192 cm³/mol. The number of carbonyl (C=O) groups is 2. The van der Waals surface area contributed by atoms with Crippen LogP contribution in [0.2, 0.25) is 13.1 Å². The van der Waals surface area contributed by atoms with Crippen molar-refractivity contribution in [1.29, 1.82) is 0 Å². The molecular formula is C38H37N5O4Si. The van der Waals surface area contributed by atoms with E-state index in [0.29, 0.717) is 16.9 Å². The molecular weight excluding hydrogens is 619 g/mol. The zero-order valence-corrected chi connectivity index (χ0v) is 28.4. The maximum Gasteiger partial charge on any atom is 0.336 e. The molecule has 10 heteroatoms. The summed E-state index contributed by atoms with van der Waals surface area (Å²) in [5.41, 5.74) is 11.4. The van der Waals surface area contributed by atoms with Gasteiger partial charge in [0.15, 0.2) is 0 Å². The Morgan fingerprint density at radius 2 is 1.67 bits per heavy atom. The van der Waals surface area contributed by atoms with Crippen molar-refractivity contribution in [3.05, 3.63) is 135 Å². The lowest BCUT2D eigenvalue weighted by molar-refractivity contribution is 0.0696. The number of rotatable bonds is 9. The highest BCUT2D eigenvalue weighted by Crippen LogP contribution is 2.30. The van der Waals surface area contributed by atoms with Gasteiger partial charge in [0.05, 0.1) is 5.56 Å². The number of carboxylic acids is 1. The zero-order valence-electron chi connectivity index (χ0n) is 27.4. The van der Waals surface area contributed by atoms with Crippen molar-refractivity contribution in [2.45, 2.75) is 26.2 Å². The summed E-state index contributed by atoms with van der Waals surface area (Å²) in [5.74, 6) is -1.03. The summed E-state index contributed by atoms with van der Waals surface area (Å²) in [6.45, 7) is 9.38. The number of fused-ring (bicyclic) bond motifs is 2. The zero-order chi connectivity index (χ0) is 34.2. The lowest BCUT2D eigenvalue weighted by Gasteiger charge is -2.34. The highest BCUT2D eigenvalue weighted by molar-refractivity contribution is 7.01. The van der Waals surface area contributed by atoms with Gasteiger partial charge in [0, 0.05) is 38.1 Å². The molecule has 0 aliphatic carbocycles. The van der Waals surface area contributed by atoms with E-state index in [-0.39, 0.29) is 30.6 Å². The van der Waals surface area contributed by atoms with Crippen LogP contribution in [0.5, 0.6) is 6.01 Å². The number of nitrogen functional groups attached to an aromatic ring is 1. The molecule has 4 N–H and O–H groups in total. The second-order valence-electron chi connectivity index (χ2n) is 12.6. The molecule has 0 fully saturated rings. The molecule has 0 saturated carbocycles. The van der Waals surface area contributed by atoms with E-state index >= 15 is 0 Å². The van der Waals surface area contributed by atoms with Crippen LogP contribution in [-0.4, -0.2) is 49.1 Å². The number of nitrogens with two attached hydrogens (primary N) is 1. The third kappa shape index (κ3) is 6.30. The summed E-state index contributed by atoms with van der Waals surface area (Å²) in [7, 11) is 1.82. The molecule has 48 heavy (non-hydrogen) atoms. The number of anilines is 2. The Labute approximate surface area is 280 Å². The monoisotopic (exact) mass is 655 g/mol. The number of nitrogens with one attached hydrogen (secondary N) is 1. The predicted octanol–water partition coefficient (Wildman–Crippen LogP) is 3.13. The lowest BCUT2D eigenvalue weighted by atomic mass is 9.89. The van der Waals surface area contributed by atoms with Crippen LogP contribution in [0.25, 0.3) is 12.2 Å². The first-order valence-corrected chi connectivity index (χ1v) is 18.5. The Hall–Kier alpha value is -5.74. The van der Waals surface area contributed by atoms with E-state index in [1.54, 1.807) is 18.2 Å². The van der Waals surface area contributed by atoms with Crippen LogP contribution in [0.15, 0.2) is 91.1 Å². The topological polar surface area (TPSA) is 131 Å². The molecule has 2 heterocycles. The molecule has 0 spiro atoms. The molecule has 1 amide bonds. The van der Waals surface area contributed by atoms with Crippen molar-refractivity contribution in [2.24, 2.45) is 0 Å². The van der Waals surface area contributed by atoms with Crippen LogP contribution in [-0.2, 0) is 13.2 Å². The highest BCUT2D eigenvalue weighted by atomic mass is 28.3. The molecule has 0 radical (unpaired) electrons. The number of benzene rings is 4. The average Bonchev–Trinajstić information content (AvgIpc) is 3.07. The molecule has 242 valence electrons. The first-order chi connectivity index (χ1) is 22.9. The van der Waals surface area contributed by atoms with Gasteiger partial charge in [0.2, 0.25) is 0 Å². The molecule has 9 nitrogen and oxygen atoms in total. The number of aromatic nitrogens is 2. The Morgan fingerprint density at radius 1 is 0.917 bits per heavy atom. The van der Waals surface area contributed by atoms with Gasteiger partial charge in [-0.05, 0) is 85.0 Å². The summed E-state index contributed by atoms with van der Waals surface area (Å²) in [6, 6.07) is 26.7. The molecule has 0 unspecified atom stereocenters. The smallest absolute Gasteiger partial charge is 0.336 e. The SMILES string of the molecule is C=c1ccc2c(c1)[Si](C)(C)c1cc(N(C)C)ccc1C=2c1cc(C(=O)NCc2ccc(COc3nccc(N)n3)cc2)ccc1C(=O)O. The molecule has 4 aromatic carbocycles. The normalized spacial score (nSPS) is 12.9. The van der Waals surface area contributed by atoms with E-state index in [4.69, 9.17) is 10.5 Å². The third-order valence-electron chi connectivity index (χ3n) is 8.77. The van der Waals surface area contributed by atoms with Gasteiger partial charge in [0.1, 0.15) is 20.5 Å². The first-order valence-electron chi connectivity index (χ1n) is 15.5. The Morgan fingerprint density at radius 3 is 2.38 bits per heavy atom. The standard InChI is InChI=1S/C38H37N5O4Si/c1-23-6-13-29-32(18-23)48(4,5)33-20-27(43(2)3)12-15-30(33)35(29)31-19-26(11-14-28(31)37(45)46)36(44)41-21-24-7-9-25(10-8-24)22-47-38-40-17-16-34(39)42-38/h6-20H,1,21-22H2,2-5H3,(H,41,44)(H,45,46)(H2,39,40,42). The number of hydrogen-bond donors (Lipinski definition) is 3. The van der Waals surface area contributed by atoms with Crippen molar-refractivity contribution >= 4 is 54.0 Å². The van der Waals surface area contributed by atoms with Crippen LogP contribution in [0, 0.1) is 0 Å². The molecule has 5 aromatic rings. The van der Waals surface area contributed by atoms with Crippen LogP contribution >= 0.6 is 0 Å². The number of carboxylic acid groups (broad SMARTS) is 1. The summed E-state index contributed by atoms with van der Waals surface area (Å²) in [5, 5.41) is 17.6. The van der Waals surface area contributed by atoms with Gasteiger partial charge in [-0.25, -0.2) is 9.78 Å². The van der Waals surface area contributed by atoms with E-state index in [1.807, 2.05) is 50.5 Å². The number of nitrogens with zero attached hydrogens (tertiary/aromatic N) is 3. The van der Waals surface area contributed by atoms with E-state index < -0.39 is 14.0 Å². The van der Waals surface area contributed by atoms with Crippen molar-refractivity contribution in [3.8, 4) is 6.01 Å². The van der Waals surface area contributed by atoms with Crippen molar-refractivity contribution in [3.63, 3.8) is 0 Å². The fraction of sp³-hybridized carbons (Fsp3) is 0.158. The average molecular weight is 656 g/mol. The maximum absolute atomic E-state index is 13.5. The quantitative estimate of drug-likeness (QED) is 0.207. The molecule has 1 aromatic heterocycles. The molecule has 6 rings (SSSR count). The second kappa shape index (κ2) is 12.8. The van der Waals surface area contributed by atoms with Crippen LogP contribution in [0.4, 0.5) is 11.5 Å². The van der Waals surface area contributed by atoms with Crippen molar-refractivity contribution < 1.29 is 19.4 Å². The number of hydrogen-bond acceptors (Lipinski definition) is 7. The fourth-order valence-electron chi connectivity index (χ4n) is 6.14. The minimum absolute atomic E-state index is 0.136. The lowest BCUT2D eigenvalue weighted by Crippen LogP contribution is -2.63. The summed E-state index contributed by atoms with van der Waals surface area (Å²) >= 11 is 0. The Bertz CT molecular complexity index is 2180. The fourth-order valence-corrected chi connectivity index (χ4v) is 9.25. The van der Waals surface area contributed by atoms with Gasteiger partial charge in [0.25, 0.3) is 5.91 Å². The minimum Gasteiger partial charge on any atom is -0.478 e. The number of carbonyl (C=O) groups excluding carboxylic acids is 1. The van der Waals surface area contributed by atoms with E-state index in [1.165, 1.54) is 22.6 Å². The first kappa shape index (κ1) is 32.2. The summed E-state index contributed by atoms with van der Waals surface area (Å²) in [4.78, 5) is 36.3. The number of aromatic carboxylic acids is 1. The largest absolute Gasteiger partial charge is 0.478 e. The third-order valence-corrected chi connectivity index (χ3v) is 12.3. The van der Waals surface area contributed by atoms with Gasteiger partial charge >= 0.3 is 12.0 Å².